The molecule has 1 saturated heterocycles. The zero-order valence-electron chi connectivity index (χ0n) is 17.1. The monoisotopic (exact) mass is 359 g/mol. The van der Waals surface area contributed by atoms with Gasteiger partial charge in [-0.1, -0.05) is 12.1 Å². The molecule has 0 aromatic heterocycles. The molecule has 1 aliphatic rings. The number of rotatable bonds is 8. The van der Waals surface area contributed by atoms with Gasteiger partial charge < -0.3 is 20.4 Å². The zero-order valence-corrected chi connectivity index (χ0v) is 17.1. The van der Waals surface area contributed by atoms with Gasteiger partial charge >= 0.3 is 0 Å². The topological polar surface area (TPSA) is 42.9 Å². The molecule has 0 aliphatic carbocycles. The minimum absolute atomic E-state index is 0.855. The maximum absolute atomic E-state index is 4.36. The number of hydrogen-bond donors (Lipinski definition) is 2. The molecular weight excluding hydrogens is 322 g/mol. The van der Waals surface area contributed by atoms with Gasteiger partial charge in [0.25, 0.3) is 0 Å². The van der Waals surface area contributed by atoms with E-state index in [1.54, 1.807) is 0 Å². The maximum Gasteiger partial charge on any atom is 0.191 e. The summed E-state index contributed by atoms with van der Waals surface area (Å²) >= 11 is 0. The predicted molar refractivity (Wildman–Crippen MR) is 113 cm³/mol. The largest absolute Gasteiger partial charge is 0.370 e. The van der Waals surface area contributed by atoms with Crippen molar-refractivity contribution < 1.29 is 0 Å². The number of aryl methyl sites for hydroxylation is 1. The van der Waals surface area contributed by atoms with Crippen molar-refractivity contribution in [3.63, 3.8) is 0 Å². The molecule has 1 aromatic rings. The van der Waals surface area contributed by atoms with Gasteiger partial charge in [-0.25, -0.2) is 0 Å². The van der Waals surface area contributed by atoms with Crippen molar-refractivity contribution in [2.24, 2.45) is 10.9 Å². The Balaban J connectivity index is 1.67. The summed E-state index contributed by atoms with van der Waals surface area (Å²) in [6, 6.07) is 8.71. The number of aliphatic imine (C=N–C) groups is 1. The third kappa shape index (κ3) is 6.87. The summed E-state index contributed by atoms with van der Waals surface area (Å²) in [7, 11) is 4.07. The summed E-state index contributed by atoms with van der Waals surface area (Å²) in [4.78, 5) is 9.18. The van der Waals surface area contributed by atoms with Crippen molar-refractivity contribution in [1.82, 2.24) is 15.5 Å². The van der Waals surface area contributed by atoms with Gasteiger partial charge in [0.05, 0.1) is 0 Å². The normalized spacial score (nSPS) is 16.5. The Kier molecular flexibility index (Phi) is 8.75. The summed E-state index contributed by atoms with van der Waals surface area (Å²) in [6.45, 7) is 10.7. The number of anilines is 1. The highest BCUT2D eigenvalue weighted by Crippen LogP contribution is 2.18. The highest BCUT2D eigenvalue weighted by molar-refractivity contribution is 5.79. The molecule has 0 unspecified atom stereocenters. The number of nitrogens with zero attached hydrogens (tertiary/aromatic N) is 3. The Labute approximate surface area is 159 Å². The lowest BCUT2D eigenvalue weighted by Crippen LogP contribution is -2.42. The molecule has 0 bridgehead atoms. The average molecular weight is 360 g/mol. The van der Waals surface area contributed by atoms with Crippen LogP contribution in [-0.2, 0) is 0 Å². The van der Waals surface area contributed by atoms with Crippen LogP contribution in [0.25, 0.3) is 0 Å². The summed E-state index contributed by atoms with van der Waals surface area (Å²) < 4.78 is 0. The first kappa shape index (κ1) is 20.6. The van der Waals surface area contributed by atoms with Gasteiger partial charge in [-0.3, -0.25) is 4.99 Å². The number of hydrogen-bond acceptors (Lipinski definition) is 3. The van der Waals surface area contributed by atoms with E-state index < -0.39 is 0 Å². The average Bonchev–Trinajstić information content (AvgIpc) is 2.65. The standard InChI is InChI=1S/C21H37N5/c1-5-26(20-8-6-7-18(2)17-20)16-13-24-21(22-3)23-12-9-19-10-14-25(4)15-11-19/h6-8,17,19H,5,9-16H2,1-4H3,(H2,22,23,24). The van der Waals surface area contributed by atoms with E-state index in [0.29, 0.717) is 0 Å². The molecule has 2 N–H and O–H groups in total. The quantitative estimate of drug-likeness (QED) is 0.553. The Hall–Kier alpha value is -1.75. The number of piperidine rings is 1. The fraction of sp³-hybridized carbons (Fsp3) is 0.667. The molecule has 1 aromatic carbocycles. The van der Waals surface area contributed by atoms with Crippen molar-refractivity contribution in [3.8, 4) is 0 Å². The van der Waals surface area contributed by atoms with Crippen LogP contribution in [0.15, 0.2) is 29.3 Å². The highest BCUT2D eigenvalue weighted by Gasteiger charge is 2.16. The molecule has 5 nitrogen and oxygen atoms in total. The fourth-order valence-electron chi connectivity index (χ4n) is 3.57. The molecule has 0 spiro atoms. The molecule has 1 aliphatic heterocycles. The van der Waals surface area contributed by atoms with Crippen molar-refractivity contribution in [1.29, 1.82) is 0 Å². The predicted octanol–water partition coefficient (Wildman–Crippen LogP) is 2.72. The van der Waals surface area contributed by atoms with Crippen LogP contribution in [0.2, 0.25) is 0 Å². The molecule has 0 amide bonds. The SMILES string of the molecule is CCN(CCNC(=NC)NCCC1CCN(C)CC1)c1cccc(C)c1. The van der Waals surface area contributed by atoms with Gasteiger partial charge in [0.15, 0.2) is 5.96 Å². The number of guanidine groups is 1. The van der Waals surface area contributed by atoms with Gasteiger partial charge in [0.1, 0.15) is 0 Å². The lowest BCUT2D eigenvalue weighted by Gasteiger charge is -2.29. The van der Waals surface area contributed by atoms with Crippen LogP contribution >= 0.6 is 0 Å². The van der Waals surface area contributed by atoms with E-state index in [1.807, 2.05) is 7.05 Å². The summed E-state index contributed by atoms with van der Waals surface area (Å²) in [5.74, 6) is 1.77. The van der Waals surface area contributed by atoms with Crippen LogP contribution in [0.5, 0.6) is 0 Å². The second-order valence-electron chi connectivity index (χ2n) is 7.38. The smallest absolute Gasteiger partial charge is 0.191 e. The molecule has 1 heterocycles. The Morgan fingerprint density at radius 2 is 1.96 bits per heavy atom. The van der Waals surface area contributed by atoms with Crippen molar-refractivity contribution >= 4 is 11.6 Å². The molecule has 0 saturated carbocycles. The van der Waals surface area contributed by atoms with E-state index in [2.05, 4.69) is 70.6 Å². The van der Waals surface area contributed by atoms with Gasteiger partial charge in [0.2, 0.25) is 0 Å². The maximum atomic E-state index is 4.36. The first-order valence-corrected chi connectivity index (χ1v) is 10.1. The van der Waals surface area contributed by atoms with Gasteiger partial charge in [-0.05, 0) is 76.9 Å². The van der Waals surface area contributed by atoms with Crippen LogP contribution < -0.4 is 15.5 Å². The van der Waals surface area contributed by atoms with Crippen LogP contribution in [0.1, 0.15) is 31.7 Å². The molecule has 2 rings (SSSR count). The van der Waals surface area contributed by atoms with Crippen molar-refractivity contribution in [2.75, 3.05) is 58.3 Å². The minimum Gasteiger partial charge on any atom is -0.370 e. The lowest BCUT2D eigenvalue weighted by atomic mass is 9.94. The molecule has 0 atom stereocenters. The lowest BCUT2D eigenvalue weighted by molar-refractivity contribution is 0.213. The van der Waals surface area contributed by atoms with E-state index in [1.165, 1.54) is 43.6 Å². The first-order chi connectivity index (χ1) is 12.6. The molecular formula is C21H37N5. The molecule has 26 heavy (non-hydrogen) atoms. The van der Waals surface area contributed by atoms with Crippen LogP contribution in [0, 0.1) is 12.8 Å². The highest BCUT2D eigenvalue weighted by atomic mass is 15.2. The molecule has 1 fully saturated rings. The molecule has 5 heteroatoms. The molecule has 0 radical (unpaired) electrons. The number of benzene rings is 1. The van der Waals surface area contributed by atoms with Gasteiger partial charge in [0, 0.05) is 38.9 Å². The van der Waals surface area contributed by atoms with E-state index in [9.17, 15) is 0 Å². The number of likely N-dealkylation sites (N-methyl/N-ethyl adjacent to an activating group) is 1. The minimum atomic E-state index is 0.855. The fourth-order valence-corrected chi connectivity index (χ4v) is 3.57. The Bertz CT molecular complexity index is 549. The van der Waals surface area contributed by atoms with Crippen LogP contribution in [0.4, 0.5) is 5.69 Å². The Morgan fingerprint density at radius 1 is 1.23 bits per heavy atom. The summed E-state index contributed by atoms with van der Waals surface area (Å²) in [5, 5.41) is 6.93. The number of likely N-dealkylation sites (tertiary alicyclic amines) is 1. The molecule has 146 valence electrons. The van der Waals surface area contributed by atoms with E-state index in [0.717, 1.165) is 38.1 Å². The van der Waals surface area contributed by atoms with Gasteiger partial charge in [-0.2, -0.15) is 0 Å². The third-order valence-electron chi connectivity index (χ3n) is 5.33. The summed E-state index contributed by atoms with van der Waals surface area (Å²) in [5.41, 5.74) is 2.60. The second-order valence-corrected chi connectivity index (χ2v) is 7.38. The van der Waals surface area contributed by atoms with Crippen LogP contribution in [0.3, 0.4) is 0 Å². The number of nitrogens with one attached hydrogen (secondary N) is 2. The first-order valence-electron chi connectivity index (χ1n) is 10.1. The van der Waals surface area contributed by atoms with E-state index in [-0.39, 0.29) is 0 Å². The Morgan fingerprint density at radius 3 is 2.62 bits per heavy atom. The zero-order chi connectivity index (χ0) is 18.8. The van der Waals surface area contributed by atoms with Crippen LogP contribution in [-0.4, -0.2) is 64.2 Å². The second kappa shape index (κ2) is 11.1. The van der Waals surface area contributed by atoms with Crippen molar-refractivity contribution in [2.45, 2.75) is 33.1 Å². The summed E-state index contributed by atoms with van der Waals surface area (Å²) in [6.07, 6.45) is 3.89. The van der Waals surface area contributed by atoms with Crippen molar-refractivity contribution in [3.05, 3.63) is 29.8 Å². The van der Waals surface area contributed by atoms with Gasteiger partial charge in [-0.15, -0.1) is 0 Å². The third-order valence-corrected chi connectivity index (χ3v) is 5.33. The van der Waals surface area contributed by atoms with E-state index in [4.69, 9.17) is 0 Å². The van der Waals surface area contributed by atoms with E-state index >= 15 is 0 Å².